The summed E-state index contributed by atoms with van der Waals surface area (Å²) in [5.41, 5.74) is 0. The molecule has 0 radical (unpaired) electrons. The third-order valence-electron chi connectivity index (χ3n) is 3.60. The monoisotopic (exact) mass is 228 g/mol. The van der Waals surface area contributed by atoms with Gasteiger partial charge in [-0.15, -0.1) is 6.58 Å². The predicted octanol–water partition coefficient (Wildman–Crippen LogP) is -1.70. The minimum Gasteiger partial charge on any atom is -0.391 e. The zero-order valence-electron chi connectivity index (χ0n) is 9.29. The fraction of sp³-hybridized carbons (Fsp3) is 0.818. The molecule has 16 heavy (non-hydrogen) atoms. The van der Waals surface area contributed by atoms with Crippen LogP contribution in [0.1, 0.15) is 6.42 Å². The van der Waals surface area contributed by atoms with Gasteiger partial charge < -0.3 is 20.6 Å². The van der Waals surface area contributed by atoms with Gasteiger partial charge in [-0.2, -0.15) is 0 Å². The van der Waals surface area contributed by atoms with Gasteiger partial charge in [-0.25, -0.2) is 0 Å². The number of rotatable bonds is 3. The molecular weight excluding hydrogens is 208 g/mol. The quantitative estimate of drug-likeness (QED) is 0.433. The van der Waals surface area contributed by atoms with Crippen molar-refractivity contribution in [1.29, 1.82) is 0 Å². The maximum absolute atomic E-state index is 9.97. The van der Waals surface area contributed by atoms with Crippen LogP contribution in [-0.2, 0) is 0 Å². The molecule has 5 heteroatoms. The molecule has 0 aromatic carbocycles. The Balaban J connectivity index is 2.03. The van der Waals surface area contributed by atoms with Crippen LogP contribution in [0.5, 0.6) is 0 Å². The summed E-state index contributed by atoms with van der Waals surface area (Å²) in [5.74, 6) is 0. The number of hydrogen-bond acceptors (Lipinski definition) is 5. The van der Waals surface area contributed by atoms with Crippen LogP contribution in [0, 0.1) is 0 Å². The van der Waals surface area contributed by atoms with Crippen LogP contribution < -0.4 is 5.32 Å². The summed E-state index contributed by atoms with van der Waals surface area (Å²) in [5, 5.41) is 32.8. The highest BCUT2D eigenvalue weighted by Gasteiger charge is 2.47. The van der Waals surface area contributed by atoms with E-state index in [0.29, 0.717) is 19.5 Å². The summed E-state index contributed by atoms with van der Waals surface area (Å²) >= 11 is 0. The van der Waals surface area contributed by atoms with E-state index < -0.39 is 18.3 Å². The van der Waals surface area contributed by atoms with Crippen molar-refractivity contribution in [1.82, 2.24) is 10.2 Å². The van der Waals surface area contributed by atoms with E-state index in [1.165, 1.54) is 0 Å². The lowest BCUT2D eigenvalue weighted by Gasteiger charge is -2.43. The third-order valence-corrected chi connectivity index (χ3v) is 3.60. The lowest BCUT2D eigenvalue weighted by atomic mass is 9.91. The van der Waals surface area contributed by atoms with Gasteiger partial charge in [-0.1, -0.05) is 6.08 Å². The number of nitrogens with zero attached hydrogens (tertiary/aromatic N) is 1. The molecule has 5 nitrogen and oxygen atoms in total. The highest BCUT2D eigenvalue weighted by molar-refractivity contribution is 5.03. The zero-order valence-corrected chi connectivity index (χ0v) is 9.29. The second-order valence-electron chi connectivity index (χ2n) is 4.63. The molecule has 2 fully saturated rings. The first kappa shape index (κ1) is 12.0. The lowest BCUT2D eigenvalue weighted by Crippen LogP contribution is -2.65. The van der Waals surface area contributed by atoms with Gasteiger partial charge in [0.15, 0.2) is 0 Å². The van der Waals surface area contributed by atoms with Gasteiger partial charge in [0.2, 0.25) is 0 Å². The Morgan fingerprint density at radius 2 is 2.06 bits per heavy atom. The molecule has 2 heterocycles. The molecule has 1 unspecified atom stereocenters. The molecule has 0 aromatic rings. The molecule has 2 rings (SSSR count). The largest absolute Gasteiger partial charge is 0.391 e. The summed E-state index contributed by atoms with van der Waals surface area (Å²) < 4.78 is 0. The van der Waals surface area contributed by atoms with Crippen molar-refractivity contribution in [3.8, 4) is 0 Å². The van der Waals surface area contributed by atoms with E-state index >= 15 is 0 Å². The van der Waals surface area contributed by atoms with Crippen LogP contribution >= 0.6 is 0 Å². The highest BCUT2D eigenvalue weighted by atomic mass is 16.3. The topological polar surface area (TPSA) is 76.0 Å². The Morgan fingerprint density at radius 3 is 2.75 bits per heavy atom. The van der Waals surface area contributed by atoms with E-state index in [-0.39, 0.29) is 12.1 Å². The molecule has 2 aliphatic rings. The molecular formula is C11H20N2O3. The number of fused-ring (bicyclic) bond motifs is 1. The van der Waals surface area contributed by atoms with Crippen molar-refractivity contribution in [3.05, 3.63) is 12.7 Å². The molecule has 2 aliphatic heterocycles. The second-order valence-corrected chi connectivity index (χ2v) is 4.63. The van der Waals surface area contributed by atoms with Crippen molar-refractivity contribution in [3.63, 3.8) is 0 Å². The number of hydrogen-bond donors (Lipinski definition) is 4. The lowest BCUT2D eigenvalue weighted by molar-refractivity contribution is -0.101. The van der Waals surface area contributed by atoms with Gasteiger partial charge >= 0.3 is 0 Å². The summed E-state index contributed by atoms with van der Waals surface area (Å²) in [6.45, 7) is 5.65. The third kappa shape index (κ3) is 2.01. The summed E-state index contributed by atoms with van der Waals surface area (Å²) in [6, 6.07) is -0.466. The Hall–Kier alpha value is -0.460. The highest BCUT2D eigenvalue weighted by Crippen LogP contribution is 2.28. The Labute approximate surface area is 95.4 Å². The molecule has 5 atom stereocenters. The van der Waals surface area contributed by atoms with Gasteiger partial charge in [0, 0.05) is 25.7 Å². The van der Waals surface area contributed by atoms with Crippen molar-refractivity contribution in [2.45, 2.75) is 36.8 Å². The minimum atomic E-state index is -0.881. The Kier molecular flexibility index (Phi) is 3.61. The van der Waals surface area contributed by atoms with Crippen LogP contribution in [0.25, 0.3) is 0 Å². The fourth-order valence-electron chi connectivity index (χ4n) is 2.74. The standard InChI is InChI=1S/C11H20N2O3/c1-2-4-12-7-6-13-5-3-8(14)9(13)11(16)10(7)15/h2,7-12,14-16H,1,3-6H2/t7-,8-,9?,10+,11+/m0/s1. The van der Waals surface area contributed by atoms with Crippen LogP contribution in [-0.4, -0.2) is 70.2 Å². The fourth-order valence-corrected chi connectivity index (χ4v) is 2.74. The van der Waals surface area contributed by atoms with Crippen molar-refractivity contribution >= 4 is 0 Å². The number of piperidine rings is 1. The number of nitrogens with one attached hydrogen (secondary N) is 1. The van der Waals surface area contributed by atoms with E-state index in [1.807, 2.05) is 4.90 Å². The minimum absolute atomic E-state index is 0.158. The van der Waals surface area contributed by atoms with Gasteiger partial charge in [-0.05, 0) is 6.42 Å². The predicted molar refractivity (Wildman–Crippen MR) is 60.0 cm³/mol. The first-order chi connectivity index (χ1) is 7.65. The molecule has 4 N–H and O–H groups in total. The maximum Gasteiger partial charge on any atom is 0.0994 e. The number of aliphatic hydroxyl groups excluding tert-OH is 3. The summed E-state index contributed by atoms with van der Waals surface area (Å²) in [7, 11) is 0. The van der Waals surface area contributed by atoms with Crippen molar-refractivity contribution in [2.75, 3.05) is 19.6 Å². The molecule has 0 aromatic heterocycles. The van der Waals surface area contributed by atoms with Gasteiger partial charge in [0.05, 0.1) is 24.4 Å². The molecule has 0 amide bonds. The first-order valence-electron chi connectivity index (χ1n) is 5.77. The average molecular weight is 228 g/mol. The van der Waals surface area contributed by atoms with Crippen LogP contribution in [0.3, 0.4) is 0 Å². The normalized spacial score (nSPS) is 44.3. The van der Waals surface area contributed by atoms with E-state index in [0.717, 1.165) is 6.54 Å². The van der Waals surface area contributed by atoms with Gasteiger partial charge in [0.25, 0.3) is 0 Å². The molecule has 0 bridgehead atoms. The summed E-state index contributed by atoms with van der Waals surface area (Å²) in [4.78, 5) is 2.04. The Bertz CT molecular complexity index is 262. The molecule has 0 aliphatic carbocycles. The van der Waals surface area contributed by atoms with Crippen molar-refractivity contribution < 1.29 is 15.3 Å². The van der Waals surface area contributed by atoms with Crippen LogP contribution in [0.2, 0.25) is 0 Å². The molecule has 0 saturated carbocycles. The second kappa shape index (κ2) is 4.81. The smallest absolute Gasteiger partial charge is 0.0994 e. The summed E-state index contributed by atoms with van der Waals surface area (Å²) in [6.07, 6.45) is 0.166. The first-order valence-corrected chi connectivity index (χ1v) is 5.77. The molecule has 92 valence electrons. The van der Waals surface area contributed by atoms with Crippen LogP contribution in [0.15, 0.2) is 12.7 Å². The zero-order chi connectivity index (χ0) is 11.7. The van der Waals surface area contributed by atoms with E-state index in [2.05, 4.69) is 11.9 Å². The van der Waals surface area contributed by atoms with E-state index in [1.54, 1.807) is 6.08 Å². The van der Waals surface area contributed by atoms with E-state index in [9.17, 15) is 15.3 Å². The van der Waals surface area contributed by atoms with E-state index in [4.69, 9.17) is 0 Å². The molecule has 0 spiro atoms. The van der Waals surface area contributed by atoms with Crippen molar-refractivity contribution in [2.24, 2.45) is 0 Å². The van der Waals surface area contributed by atoms with Gasteiger partial charge in [-0.3, -0.25) is 4.90 Å². The number of aliphatic hydroxyl groups is 3. The average Bonchev–Trinajstić information content (AvgIpc) is 2.63. The van der Waals surface area contributed by atoms with Crippen LogP contribution in [0.4, 0.5) is 0 Å². The molecule has 2 saturated heterocycles. The van der Waals surface area contributed by atoms with Gasteiger partial charge in [0.1, 0.15) is 0 Å². The maximum atomic E-state index is 9.97. The SMILES string of the molecule is C=CCN[C@H]1CN2CC[C@H](O)C2[C@@H](O)[C@@H]1O. The Morgan fingerprint density at radius 1 is 1.31 bits per heavy atom.